The minimum absolute atomic E-state index is 0.0520. The van der Waals surface area contributed by atoms with Crippen LogP contribution in [0.4, 0.5) is 5.69 Å². The summed E-state index contributed by atoms with van der Waals surface area (Å²) in [6.45, 7) is 2.66. The lowest BCUT2D eigenvalue weighted by atomic mass is 10.1. The van der Waals surface area contributed by atoms with Gasteiger partial charge in [-0.2, -0.15) is 0 Å². The summed E-state index contributed by atoms with van der Waals surface area (Å²) in [4.78, 5) is 2.11. The summed E-state index contributed by atoms with van der Waals surface area (Å²) in [6.07, 6.45) is 0. The van der Waals surface area contributed by atoms with E-state index in [-0.39, 0.29) is 5.84 Å². The minimum Gasteiger partial charge on any atom is -0.384 e. The number of nitrogens with zero attached hydrogens (tertiary/aromatic N) is 1. The minimum atomic E-state index is 0.0520. The lowest BCUT2D eigenvalue weighted by Crippen LogP contribution is -2.32. The number of nitrogens with one attached hydrogen (secondary N) is 1. The molecule has 0 unspecified atom stereocenters. The molecule has 6 heteroatoms. The van der Waals surface area contributed by atoms with E-state index in [0.717, 1.165) is 23.2 Å². The van der Waals surface area contributed by atoms with Crippen molar-refractivity contribution in [2.45, 2.75) is 0 Å². The van der Waals surface area contributed by atoms with Gasteiger partial charge in [0, 0.05) is 43.0 Å². The second-order valence-electron chi connectivity index (χ2n) is 4.05. The second-order valence-corrected chi connectivity index (χ2v) is 4.96. The van der Waals surface area contributed by atoms with Crippen LogP contribution in [0, 0.1) is 5.41 Å². The summed E-state index contributed by atoms with van der Waals surface area (Å²) in [5, 5.41) is 7.69. The highest BCUT2D eigenvalue weighted by molar-refractivity contribution is 9.10. The van der Waals surface area contributed by atoms with E-state index in [2.05, 4.69) is 20.8 Å². The van der Waals surface area contributed by atoms with Gasteiger partial charge < -0.3 is 20.1 Å². The van der Waals surface area contributed by atoms with E-state index in [9.17, 15) is 0 Å². The van der Waals surface area contributed by atoms with E-state index >= 15 is 0 Å². The molecule has 0 aromatic heterocycles. The van der Waals surface area contributed by atoms with Crippen molar-refractivity contribution in [3.8, 4) is 0 Å². The van der Waals surface area contributed by atoms with Crippen molar-refractivity contribution in [2.75, 3.05) is 45.4 Å². The largest absolute Gasteiger partial charge is 0.384 e. The van der Waals surface area contributed by atoms with Crippen LogP contribution in [0.5, 0.6) is 0 Å². The Morgan fingerprint density at radius 1 is 1.26 bits per heavy atom. The number of nitrogens with two attached hydrogens (primary N) is 1. The lowest BCUT2D eigenvalue weighted by molar-refractivity contribution is 0.190. The zero-order chi connectivity index (χ0) is 14.3. The second kappa shape index (κ2) is 8.14. The van der Waals surface area contributed by atoms with Gasteiger partial charge >= 0.3 is 0 Å². The number of rotatable bonds is 8. The summed E-state index contributed by atoms with van der Waals surface area (Å²) in [5.74, 6) is 0.0520. The van der Waals surface area contributed by atoms with Crippen LogP contribution in [0.3, 0.4) is 0 Å². The monoisotopic (exact) mass is 329 g/mol. The number of methoxy groups -OCH3 is 2. The maximum absolute atomic E-state index is 7.69. The van der Waals surface area contributed by atoms with E-state index in [1.807, 2.05) is 18.2 Å². The van der Waals surface area contributed by atoms with Gasteiger partial charge in [-0.1, -0.05) is 15.9 Å². The van der Waals surface area contributed by atoms with E-state index in [4.69, 9.17) is 20.6 Å². The molecule has 3 N–H and O–H groups in total. The Labute approximate surface area is 122 Å². The van der Waals surface area contributed by atoms with Crippen molar-refractivity contribution in [2.24, 2.45) is 5.73 Å². The van der Waals surface area contributed by atoms with Gasteiger partial charge in [0.15, 0.2) is 0 Å². The number of ether oxygens (including phenoxy) is 2. The molecule has 0 heterocycles. The fourth-order valence-corrected chi connectivity index (χ4v) is 2.12. The molecule has 0 amide bonds. The average molecular weight is 330 g/mol. The molecule has 1 aromatic carbocycles. The zero-order valence-electron chi connectivity index (χ0n) is 11.3. The average Bonchev–Trinajstić information content (AvgIpc) is 2.39. The summed E-state index contributed by atoms with van der Waals surface area (Å²) >= 11 is 3.40. The van der Waals surface area contributed by atoms with Gasteiger partial charge in [0.1, 0.15) is 5.84 Å². The van der Waals surface area contributed by atoms with E-state index in [0.29, 0.717) is 18.8 Å². The van der Waals surface area contributed by atoms with Gasteiger partial charge in [0.05, 0.1) is 13.2 Å². The quantitative estimate of drug-likeness (QED) is 0.563. The van der Waals surface area contributed by atoms with Gasteiger partial charge in [-0.15, -0.1) is 0 Å². The van der Waals surface area contributed by atoms with Crippen LogP contribution >= 0.6 is 15.9 Å². The number of hydrogen-bond acceptors (Lipinski definition) is 4. The van der Waals surface area contributed by atoms with Gasteiger partial charge in [0.25, 0.3) is 0 Å². The molecule has 0 bridgehead atoms. The van der Waals surface area contributed by atoms with Crippen LogP contribution in [0.2, 0.25) is 0 Å². The predicted octanol–water partition coefficient (Wildman–Crippen LogP) is 1.83. The van der Waals surface area contributed by atoms with Crippen LogP contribution < -0.4 is 10.6 Å². The Hall–Kier alpha value is -1.11. The molecule has 0 fully saturated rings. The SMILES string of the molecule is COCCN(CCOC)c1ccc(Br)cc1C(=N)N. The Bertz CT molecular complexity index is 418. The molecule has 0 atom stereocenters. The topological polar surface area (TPSA) is 71.6 Å². The Morgan fingerprint density at radius 2 is 1.84 bits per heavy atom. The maximum atomic E-state index is 7.69. The maximum Gasteiger partial charge on any atom is 0.124 e. The number of nitrogen functional groups attached to an aromatic ring is 1. The first-order chi connectivity index (χ1) is 9.10. The summed E-state index contributed by atoms with van der Waals surface area (Å²) in [5.41, 5.74) is 7.28. The normalized spacial score (nSPS) is 10.5. The highest BCUT2D eigenvalue weighted by atomic mass is 79.9. The van der Waals surface area contributed by atoms with E-state index in [1.54, 1.807) is 14.2 Å². The van der Waals surface area contributed by atoms with Crippen molar-refractivity contribution in [1.82, 2.24) is 0 Å². The van der Waals surface area contributed by atoms with Crippen molar-refractivity contribution in [1.29, 1.82) is 5.41 Å². The molecule has 0 spiro atoms. The summed E-state index contributed by atoms with van der Waals surface area (Å²) in [7, 11) is 3.34. The zero-order valence-corrected chi connectivity index (χ0v) is 12.9. The molecule has 0 radical (unpaired) electrons. The van der Waals surface area contributed by atoms with Crippen LogP contribution in [0.1, 0.15) is 5.56 Å². The van der Waals surface area contributed by atoms with Crippen molar-refractivity contribution >= 4 is 27.5 Å². The molecule has 0 aliphatic heterocycles. The highest BCUT2D eigenvalue weighted by Gasteiger charge is 2.13. The van der Waals surface area contributed by atoms with Crippen LogP contribution in [0.15, 0.2) is 22.7 Å². The molecular formula is C13H20BrN3O2. The third kappa shape index (κ3) is 4.81. The molecule has 0 saturated carbocycles. The van der Waals surface area contributed by atoms with Crippen LogP contribution in [-0.4, -0.2) is 46.4 Å². The van der Waals surface area contributed by atoms with E-state index < -0.39 is 0 Å². The fourth-order valence-electron chi connectivity index (χ4n) is 1.76. The smallest absolute Gasteiger partial charge is 0.124 e. The Kier molecular flexibility index (Phi) is 6.83. The third-order valence-corrected chi connectivity index (χ3v) is 3.21. The molecular weight excluding hydrogens is 310 g/mol. The van der Waals surface area contributed by atoms with Crippen molar-refractivity contribution in [3.63, 3.8) is 0 Å². The Morgan fingerprint density at radius 3 is 2.32 bits per heavy atom. The first-order valence-electron chi connectivity index (χ1n) is 5.97. The standard InChI is InChI=1S/C13H20BrN3O2/c1-18-7-5-17(6-8-19-2)12-4-3-10(14)9-11(12)13(15)16/h3-4,9H,5-8H2,1-2H3,(H3,15,16). The summed E-state index contributed by atoms with van der Waals surface area (Å²) < 4.78 is 11.1. The van der Waals surface area contributed by atoms with E-state index in [1.165, 1.54) is 0 Å². The fraction of sp³-hybridized carbons (Fsp3) is 0.462. The number of anilines is 1. The number of amidine groups is 1. The molecule has 0 saturated heterocycles. The Balaban J connectivity index is 3.02. The molecule has 1 aromatic rings. The molecule has 5 nitrogen and oxygen atoms in total. The molecule has 19 heavy (non-hydrogen) atoms. The van der Waals surface area contributed by atoms with Crippen LogP contribution in [-0.2, 0) is 9.47 Å². The van der Waals surface area contributed by atoms with Crippen LogP contribution in [0.25, 0.3) is 0 Å². The number of hydrogen-bond donors (Lipinski definition) is 2. The van der Waals surface area contributed by atoms with Crippen molar-refractivity contribution < 1.29 is 9.47 Å². The molecule has 106 valence electrons. The van der Waals surface area contributed by atoms with Gasteiger partial charge in [-0.3, -0.25) is 5.41 Å². The van der Waals surface area contributed by atoms with Crippen molar-refractivity contribution in [3.05, 3.63) is 28.2 Å². The molecule has 1 rings (SSSR count). The third-order valence-electron chi connectivity index (χ3n) is 2.72. The summed E-state index contributed by atoms with van der Waals surface area (Å²) in [6, 6.07) is 5.74. The lowest BCUT2D eigenvalue weighted by Gasteiger charge is -2.26. The first-order valence-corrected chi connectivity index (χ1v) is 6.76. The molecule has 0 aliphatic carbocycles. The number of halogens is 1. The van der Waals surface area contributed by atoms with Gasteiger partial charge in [-0.05, 0) is 18.2 Å². The number of benzene rings is 1. The van der Waals surface area contributed by atoms with Gasteiger partial charge in [-0.25, -0.2) is 0 Å². The first kappa shape index (κ1) is 15.9. The highest BCUT2D eigenvalue weighted by Crippen LogP contribution is 2.24. The predicted molar refractivity (Wildman–Crippen MR) is 81.1 cm³/mol. The van der Waals surface area contributed by atoms with Gasteiger partial charge in [0.2, 0.25) is 0 Å². The molecule has 0 aliphatic rings.